The number of rotatable bonds is 7. The molecule has 0 spiro atoms. The average molecular weight is 334 g/mol. The molecule has 118 valence electrons. The number of halogens is 1. The highest BCUT2D eigenvalue weighted by Gasteiger charge is 2.27. The first-order chi connectivity index (χ1) is 9.71. The van der Waals surface area contributed by atoms with Crippen LogP contribution in [0.4, 0.5) is 4.39 Å². The van der Waals surface area contributed by atoms with Crippen molar-refractivity contribution in [3.8, 4) is 0 Å². The highest BCUT2D eigenvalue weighted by Crippen LogP contribution is 2.21. The molecule has 0 atom stereocenters. The summed E-state index contributed by atoms with van der Waals surface area (Å²) in [5.74, 6) is -0.644. The number of thiocarbonyl (C=S) groups is 1. The molecule has 1 aromatic carbocycles. The lowest BCUT2D eigenvalue weighted by molar-refractivity contribution is 0.171. The summed E-state index contributed by atoms with van der Waals surface area (Å²) in [6.07, 6.45) is 0. The molecule has 0 unspecified atom stereocenters. The van der Waals surface area contributed by atoms with Crippen LogP contribution < -0.4 is 5.73 Å². The van der Waals surface area contributed by atoms with E-state index >= 15 is 0 Å². The van der Waals surface area contributed by atoms with Gasteiger partial charge in [-0.2, -0.15) is 4.31 Å². The van der Waals surface area contributed by atoms with Crippen LogP contribution in [0.1, 0.15) is 19.4 Å². The van der Waals surface area contributed by atoms with Crippen LogP contribution in [-0.4, -0.2) is 44.0 Å². The summed E-state index contributed by atoms with van der Waals surface area (Å²) in [5, 5.41) is 0. The zero-order chi connectivity index (χ0) is 16.2. The van der Waals surface area contributed by atoms with Crippen molar-refractivity contribution in [2.24, 2.45) is 5.73 Å². The van der Waals surface area contributed by atoms with E-state index in [-0.39, 0.29) is 34.6 Å². The smallest absolute Gasteiger partial charge is 0.243 e. The van der Waals surface area contributed by atoms with E-state index in [0.29, 0.717) is 0 Å². The fourth-order valence-electron chi connectivity index (χ4n) is 1.83. The van der Waals surface area contributed by atoms with Gasteiger partial charge in [0.25, 0.3) is 0 Å². The second-order valence-corrected chi connectivity index (χ2v) is 7.04. The molecule has 0 bridgehead atoms. The minimum absolute atomic E-state index is 0.0449. The molecule has 0 heterocycles. The number of hydrogen-bond donors (Lipinski definition) is 1. The standard InChI is InChI=1S/C13H19FN2O3S2/c1-9(2)16(6-7-19-3)21(17,18)10-4-5-12(14)11(8-10)13(15)20/h4-5,8-9H,6-7H2,1-3H3,(H2,15,20). The Morgan fingerprint density at radius 2 is 2.10 bits per heavy atom. The van der Waals surface area contributed by atoms with E-state index in [4.69, 9.17) is 22.7 Å². The normalized spacial score (nSPS) is 12.1. The molecule has 5 nitrogen and oxygen atoms in total. The first-order valence-electron chi connectivity index (χ1n) is 6.32. The van der Waals surface area contributed by atoms with Gasteiger partial charge in [-0.15, -0.1) is 0 Å². The number of hydrogen-bond acceptors (Lipinski definition) is 4. The predicted octanol–water partition coefficient (Wildman–Crippen LogP) is 1.51. The van der Waals surface area contributed by atoms with Crippen molar-refractivity contribution in [2.45, 2.75) is 24.8 Å². The van der Waals surface area contributed by atoms with Gasteiger partial charge in [0.05, 0.1) is 11.5 Å². The van der Waals surface area contributed by atoms with Gasteiger partial charge in [-0.25, -0.2) is 12.8 Å². The minimum Gasteiger partial charge on any atom is -0.389 e. The topological polar surface area (TPSA) is 72.6 Å². The molecule has 0 saturated carbocycles. The molecule has 0 aromatic heterocycles. The highest BCUT2D eigenvalue weighted by atomic mass is 32.2. The molecule has 1 rings (SSSR count). The first-order valence-corrected chi connectivity index (χ1v) is 8.16. The van der Waals surface area contributed by atoms with Crippen molar-refractivity contribution in [3.63, 3.8) is 0 Å². The SMILES string of the molecule is COCCN(C(C)C)S(=O)(=O)c1ccc(F)c(C(N)=S)c1. The van der Waals surface area contributed by atoms with E-state index in [1.165, 1.54) is 17.5 Å². The van der Waals surface area contributed by atoms with Crippen LogP contribution in [-0.2, 0) is 14.8 Å². The molecule has 0 saturated heterocycles. The van der Waals surface area contributed by atoms with E-state index in [2.05, 4.69) is 0 Å². The fourth-order valence-corrected chi connectivity index (χ4v) is 3.63. The van der Waals surface area contributed by atoms with Gasteiger partial charge in [-0.3, -0.25) is 0 Å². The number of sulfonamides is 1. The third-order valence-electron chi connectivity index (χ3n) is 2.90. The molecule has 0 radical (unpaired) electrons. The van der Waals surface area contributed by atoms with Crippen molar-refractivity contribution in [3.05, 3.63) is 29.6 Å². The Hall–Kier alpha value is -1.09. The molecule has 0 amide bonds. The summed E-state index contributed by atoms with van der Waals surface area (Å²) in [5.41, 5.74) is 5.32. The van der Waals surface area contributed by atoms with Crippen LogP contribution in [0.25, 0.3) is 0 Å². The predicted molar refractivity (Wildman–Crippen MR) is 83.2 cm³/mol. The van der Waals surface area contributed by atoms with Crippen LogP contribution in [0.2, 0.25) is 0 Å². The van der Waals surface area contributed by atoms with E-state index in [9.17, 15) is 12.8 Å². The lowest BCUT2D eigenvalue weighted by atomic mass is 10.2. The van der Waals surface area contributed by atoms with E-state index in [0.717, 1.165) is 12.1 Å². The summed E-state index contributed by atoms with van der Waals surface area (Å²) in [4.78, 5) is -0.228. The Bertz CT molecular complexity index is 618. The Morgan fingerprint density at radius 1 is 1.48 bits per heavy atom. The van der Waals surface area contributed by atoms with Gasteiger partial charge in [0, 0.05) is 25.3 Å². The lowest BCUT2D eigenvalue weighted by Crippen LogP contribution is -2.39. The van der Waals surface area contributed by atoms with Crippen molar-refractivity contribution in [2.75, 3.05) is 20.3 Å². The van der Waals surface area contributed by atoms with Crippen LogP contribution in [0.3, 0.4) is 0 Å². The van der Waals surface area contributed by atoms with Gasteiger partial charge in [-0.1, -0.05) is 12.2 Å². The first kappa shape index (κ1) is 18.0. The van der Waals surface area contributed by atoms with E-state index < -0.39 is 15.8 Å². The van der Waals surface area contributed by atoms with E-state index in [1.807, 2.05) is 0 Å². The zero-order valence-corrected chi connectivity index (χ0v) is 13.8. The average Bonchev–Trinajstić information content (AvgIpc) is 2.38. The zero-order valence-electron chi connectivity index (χ0n) is 12.2. The largest absolute Gasteiger partial charge is 0.389 e. The number of nitrogens with zero attached hydrogens (tertiary/aromatic N) is 1. The van der Waals surface area contributed by atoms with Gasteiger partial charge in [0.1, 0.15) is 10.8 Å². The molecule has 21 heavy (non-hydrogen) atoms. The molecular formula is C13H19FN2O3S2. The van der Waals surface area contributed by atoms with Crippen molar-refractivity contribution in [1.82, 2.24) is 4.31 Å². The van der Waals surface area contributed by atoms with Gasteiger partial charge in [0.15, 0.2) is 0 Å². The van der Waals surface area contributed by atoms with Crippen LogP contribution >= 0.6 is 12.2 Å². The molecular weight excluding hydrogens is 315 g/mol. The Morgan fingerprint density at radius 3 is 2.57 bits per heavy atom. The van der Waals surface area contributed by atoms with Crippen LogP contribution in [0, 0.1) is 5.82 Å². The summed E-state index contributed by atoms with van der Waals surface area (Å²) in [6, 6.07) is 3.16. The lowest BCUT2D eigenvalue weighted by Gasteiger charge is -2.25. The number of ether oxygens (including phenoxy) is 1. The summed E-state index contributed by atoms with van der Waals surface area (Å²) in [6.45, 7) is 3.98. The Balaban J connectivity index is 3.28. The number of benzene rings is 1. The monoisotopic (exact) mass is 334 g/mol. The third kappa shape index (κ3) is 4.19. The van der Waals surface area contributed by atoms with Crippen molar-refractivity contribution in [1.29, 1.82) is 0 Å². The van der Waals surface area contributed by atoms with Crippen molar-refractivity contribution >= 4 is 27.2 Å². The fraction of sp³-hybridized carbons (Fsp3) is 0.462. The van der Waals surface area contributed by atoms with Gasteiger partial charge in [-0.05, 0) is 32.0 Å². The maximum Gasteiger partial charge on any atom is 0.243 e. The minimum atomic E-state index is -3.77. The molecule has 8 heteroatoms. The molecule has 0 fully saturated rings. The highest BCUT2D eigenvalue weighted by molar-refractivity contribution is 7.89. The maximum atomic E-state index is 13.6. The second kappa shape index (κ2) is 7.26. The van der Waals surface area contributed by atoms with E-state index in [1.54, 1.807) is 13.8 Å². The summed E-state index contributed by atoms with van der Waals surface area (Å²) >= 11 is 4.73. The van der Waals surface area contributed by atoms with Crippen LogP contribution in [0.5, 0.6) is 0 Å². The van der Waals surface area contributed by atoms with Crippen LogP contribution in [0.15, 0.2) is 23.1 Å². The van der Waals surface area contributed by atoms with Gasteiger partial charge >= 0.3 is 0 Å². The summed E-state index contributed by atoms with van der Waals surface area (Å²) in [7, 11) is -2.28. The Labute approximate surface area is 129 Å². The van der Waals surface area contributed by atoms with Gasteiger partial charge < -0.3 is 10.5 Å². The third-order valence-corrected chi connectivity index (χ3v) is 5.19. The molecule has 2 N–H and O–H groups in total. The molecule has 0 aliphatic rings. The maximum absolute atomic E-state index is 13.6. The number of methoxy groups -OCH3 is 1. The van der Waals surface area contributed by atoms with Crippen molar-refractivity contribution < 1.29 is 17.5 Å². The Kier molecular flexibility index (Phi) is 6.21. The molecule has 0 aliphatic carbocycles. The number of nitrogens with two attached hydrogens (primary N) is 1. The second-order valence-electron chi connectivity index (χ2n) is 4.71. The molecule has 1 aromatic rings. The van der Waals surface area contributed by atoms with Gasteiger partial charge in [0.2, 0.25) is 10.0 Å². The quantitative estimate of drug-likeness (QED) is 0.765. The molecule has 0 aliphatic heterocycles. The summed E-state index contributed by atoms with van der Waals surface area (Å²) < 4.78 is 45.0.